The fraction of sp³-hybridized carbons (Fsp3) is 0.471. The second kappa shape index (κ2) is 8.15. The van der Waals surface area contributed by atoms with Crippen LogP contribution in [0.2, 0.25) is 0 Å². The standard InChI is InChI=1S/C17H24N4OS/c1-5-13-9-8-10-14(6-2)15(13)21-11-19-17(20-21)23-12(4)16(22)18-7-3/h8-12H,5-7H2,1-4H3,(H,18,22). The predicted octanol–water partition coefficient (Wildman–Crippen LogP) is 3.01. The molecule has 0 aliphatic rings. The summed E-state index contributed by atoms with van der Waals surface area (Å²) in [4.78, 5) is 16.2. The van der Waals surface area contributed by atoms with Crippen molar-refractivity contribution in [3.63, 3.8) is 0 Å². The van der Waals surface area contributed by atoms with Crippen LogP contribution >= 0.6 is 11.8 Å². The van der Waals surface area contributed by atoms with Crippen LogP contribution < -0.4 is 5.32 Å². The van der Waals surface area contributed by atoms with E-state index in [0.29, 0.717) is 11.7 Å². The van der Waals surface area contributed by atoms with Gasteiger partial charge in [-0.25, -0.2) is 9.67 Å². The minimum Gasteiger partial charge on any atom is -0.355 e. The van der Waals surface area contributed by atoms with E-state index in [2.05, 4.69) is 47.4 Å². The van der Waals surface area contributed by atoms with Gasteiger partial charge in [0.2, 0.25) is 11.1 Å². The van der Waals surface area contributed by atoms with Gasteiger partial charge in [0, 0.05) is 6.54 Å². The molecule has 0 aliphatic heterocycles. The van der Waals surface area contributed by atoms with Crippen molar-refractivity contribution in [2.24, 2.45) is 0 Å². The molecule has 23 heavy (non-hydrogen) atoms. The number of rotatable bonds is 7. The van der Waals surface area contributed by atoms with Gasteiger partial charge in [0.1, 0.15) is 6.33 Å². The summed E-state index contributed by atoms with van der Waals surface area (Å²) in [6, 6.07) is 6.34. The zero-order valence-corrected chi connectivity index (χ0v) is 15.0. The van der Waals surface area contributed by atoms with E-state index >= 15 is 0 Å². The van der Waals surface area contributed by atoms with Crippen molar-refractivity contribution in [3.8, 4) is 5.69 Å². The Balaban J connectivity index is 2.24. The molecule has 0 saturated carbocycles. The van der Waals surface area contributed by atoms with E-state index in [1.54, 1.807) is 6.33 Å². The Kier molecular flexibility index (Phi) is 6.21. The van der Waals surface area contributed by atoms with Gasteiger partial charge < -0.3 is 5.32 Å². The van der Waals surface area contributed by atoms with Gasteiger partial charge in [-0.05, 0) is 37.8 Å². The number of carbonyl (C=O) groups is 1. The molecular formula is C17H24N4OS. The van der Waals surface area contributed by atoms with Crippen LogP contribution in [0.3, 0.4) is 0 Å². The molecule has 0 spiro atoms. The average molecular weight is 332 g/mol. The highest BCUT2D eigenvalue weighted by Gasteiger charge is 2.17. The summed E-state index contributed by atoms with van der Waals surface area (Å²) >= 11 is 1.38. The van der Waals surface area contributed by atoms with E-state index in [4.69, 9.17) is 0 Å². The highest BCUT2D eigenvalue weighted by Crippen LogP contribution is 2.24. The van der Waals surface area contributed by atoms with E-state index in [9.17, 15) is 4.79 Å². The van der Waals surface area contributed by atoms with Gasteiger partial charge in [0.15, 0.2) is 0 Å². The topological polar surface area (TPSA) is 59.8 Å². The molecule has 2 aromatic rings. The molecule has 1 unspecified atom stereocenters. The lowest BCUT2D eigenvalue weighted by atomic mass is 10.0. The molecule has 1 heterocycles. The summed E-state index contributed by atoms with van der Waals surface area (Å²) in [5.41, 5.74) is 3.62. The maximum absolute atomic E-state index is 11.8. The molecule has 0 aliphatic carbocycles. The Hall–Kier alpha value is -1.82. The third-order valence-electron chi connectivity index (χ3n) is 3.67. The molecule has 0 radical (unpaired) electrons. The number of hydrogen-bond donors (Lipinski definition) is 1. The number of benzene rings is 1. The average Bonchev–Trinajstić information content (AvgIpc) is 3.02. The predicted molar refractivity (Wildman–Crippen MR) is 94.1 cm³/mol. The van der Waals surface area contributed by atoms with Gasteiger partial charge >= 0.3 is 0 Å². The molecular weight excluding hydrogens is 308 g/mol. The number of hydrogen-bond acceptors (Lipinski definition) is 4. The summed E-state index contributed by atoms with van der Waals surface area (Å²) in [6.45, 7) is 8.70. The summed E-state index contributed by atoms with van der Waals surface area (Å²) in [5.74, 6) is 0.0112. The van der Waals surface area contributed by atoms with E-state index in [1.807, 2.05) is 18.5 Å². The van der Waals surface area contributed by atoms with Crippen LogP contribution in [0.15, 0.2) is 29.7 Å². The molecule has 5 nitrogen and oxygen atoms in total. The van der Waals surface area contributed by atoms with E-state index in [-0.39, 0.29) is 11.2 Å². The van der Waals surface area contributed by atoms with E-state index < -0.39 is 0 Å². The summed E-state index contributed by atoms with van der Waals surface area (Å²) < 4.78 is 1.84. The molecule has 124 valence electrons. The van der Waals surface area contributed by atoms with Gasteiger partial charge in [0.25, 0.3) is 0 Å². The molecule has 1 amide bonds. The lowest BCUT2D eigenvalue weighted by molar-refractivity contribution is -0.120. The highest BCUT2D eigenvalue weighted by atomic mass is 32.2. The smallest absolute Gasteiger partial charge is 0.233 e. The SMILES string of the molecule is CCNC(=O)C(C)Sc1ncn(-c2c(CC)cccc2CC)n1. The monoisotopic (exact) mass is 332 g/mol. The summed E-state index contributed by atoms with van der Waals surface area (Å²) in [6.07, 6.45) is 3.63. The molecule has 1 aromatic carbocycles. The van der Waals surface area contributed by atoms with Crippen LogP contribution in [-0.2, 0) is 17.6 Å². The number of nitrogens with zero attached hydrogens (tertiary/aromatic N) is 3. The second-order valence-electron chi connectivity index (χ2n) is 5.26. The maximum atomic E-state index is 11.8. The van der Waals surface area contributed by atoms with Crippen LogP contribution in [0.25, 0.3) is 5.69 Å². The van der Waals surface area contributed by atoms with Gasteiger partial charge in [-0.15, -0.1) is 5.10 Å². The van der Waals surface area contributed by atoms with Crippen molar-refractivity contribution < 1.29 is 4.79 Å². The lowest BCUT2D eigenvalue weighted by Gasteiger charge is -2.12. The Morgan fingerprint density at radius 2 is 1.91 bits per heavy atom. The minimum atomic E-state index is -0.210. The fourth-order valence-corrected chi connectivity index (χ4v) is 3.20. The van der Waals surface area contributed by atoms with Gasteiger partial charge in [0.05, 0.1) is 10.9 Å². The van der Waals surface area contributed by atoms with Crippen LogP contribution in [0.4, 0.5) is 0 Å². The van der Waals surface area contributed by atoms with Crippen molar-refractivity contribution in [3.05, 3.63) is 35.7 Å². The third-order valence-corrected chi connectivity index (χ3v) is 4.63. The van der Waals surface area contributed by atoms with Gasteiger partial charge in [-0.2, -0.15) is 0 Å². The zero-order chi connectivity index (χ0) is 16.8. The van der Waals surface area contributed by atoms with Crippen molar-refractivity contribution >= 4 is 17.7 Å². The van der Waals surface area contributed by atoms with Crippen LogP contribution in [0.5, 0.6) is 0 Å². The van der Waals surface area contributed by atoms with Crippen LogP contribution in [0.1, 0.15) is 38.8 Å². The normalized spacial score (nSPS) is 12.2. The van der Waals surface area contributed by atoms with Crippen molar-refractivity contribution in [1.82, 2.24) is 20.1 Å². The zero-order valence-electron chi connectivity index (χ0n) is 14.2. The van der Waals surface area contributed by atoms with Crippen LogP contribution in [-0.4, -0.2) is 32.5 Å². The molecule has 1 aromatic heterocycles. The Bertz CT molecular complexity index is 646. The first kappa shape index (κ1) is 17.5. The number of amides is 1. The highest BCUT2D eigenvalue weighted by molar-refractivity contribution is 8.00. The Morgan fingerprint density at radius 1 is 1.26 bits per heavy atom. The second-order valence-corrected chi connectivity index (χ2v) is 6.57. The molecule has 2 rings (SSSR count). The van der Waals surface area contributed by atoms with E-state index in [0.717, 1.165) is 18.5 Å². The van der Waals surface area contributed by atoms with Gasteiger partial charge in [-0.1, -0.05) is 43.8 Å². The lowest BCUT2D eigenvalue weighted by Crippen LogP contribution is -2.30. The molecule has 0 fully saturated rings. The largest absolute Gasteiger partial charge is 0.355 e. The van der Waals surface area contributed by atoms with Gasteiger partial charge in [-0.3, -0.25) is 4.79 Å². The number of carbonyl (C=O) groups excluding carboxylic acids is 1. The summed E-state index contributed by atoms with van der Waals surface area (Å²) in [5, 5.41) is 7.80. The van der Waals surface area contributed by atoms with Crippen molar-refractivity contribution in [2.45, 2.75) is 50.9 Å². The van der Waals surface area contributed by atoms with Crippen molar-refractivity contribution in [2.75, 3.05) is 6.54 Å². The first-order chi connectivity index (χ1) is 11.1. The minimum absolute atomic E-state index is 0.0112. The van der Waals surface area contributed by atoms with E-state index in [1.165, 1.54) is 22.9 Å². The maximum Gasteiger partial charge on any atom is 0.233 e. The number of aryl methyl sites for hydroxylation is 2. The molecule has 1 N–H and O–H groups in total. The first-order valence-electron chi connectivity index (χ1n) is 8.07. The molecule has 6 heteroatoms. The third kappa shape index (κ3) is 4.13. The molecule has 0 bridgehead atoms. The Morgan fingerprint density at radius 3 is 2.48 bits per heavy atom. The number of thioether (sulfide) groups is 1. The molecule has 0 saturated heterocycles. The number of nitrogens with one attached hydrogen (secondary N) is 1. The molecule has 1 atom stereocenters. The Labute approximate surface area is 141 Å². The fourth-order valence-electron chi connectivity index (χ4n) is 2.45. The van der Waals surface area contributed by atoms with Crippen LogP contribution in [0, 0.1) is 0 Å². The first-order valence-corrected chi connectivity index (χ1v) is 8.95. The summed E-state index contributed by atoms with van der Waals surface area (Å²) in [7, 11) is 0. The quantitative estimate of drug-likeness (QED) is 0.792. The van der Waals surface area contributed by atoms with Crippen molar-refractivity contribution in [1.29, 1.82) is 0 Å². The number of aromatic nitrogens is 3. The number of para-hydroxylation sites is 1.